The zero-order chi connectivity index (χ0) is 13.0. The van der Waals surface area contributed by atoms with Gasteiger partial charge >= 0.3 is 0 Å². The zero-order valence-electron chi connectivity index (χ0n) is 10.7. The number of hydrogen-bond acceptors (Lipinski definition) is 2. The Balaban J connectivity index is 1.93. The average Bonchev–Trinajstić information content (AvgIpc) is 2.39. The molecule has 4 heteroatoms. The third-order valence-corrected chi connectivity index (χ3v) is 3.66. The van der Waals surface area contributed by atoms with Crippen LogP contribution in [0.25, 0.3) is 0 Å². The van der Waals surface area contributed by atoms with Crippen molar-refractivity contribution in [3.8, 4) is 0 Å². The highest BCUT2D eigenvalue weighted by Crippen LogP contribution is 2.14. The summed E-state index contributed by atoms with van der Waals surface area (Å²) in [4.78, 5) is 2.04. The molecule has 1 aliphatic heterocycles. The van der Waals surface area contributed by atoms with E-state index in [1.807, 2.05) is 17.0 Å². The van der Waals surface area contributed by atoms with Crippen LogP contribution in [0.5, 0.6) is 0 Å². The van der Waals surface area contributed by atoms with Gasteiger partial charge < -0.3 is 15.3 Å². The third kappa shape index (κ3) is 3.43. The van der Waals surface area contributed by atoms with Crippen molar-refractivity contribution in [3.63, 3.8) is 0 Å². The number of benzene rings is 1. The maximum Gasteiger partial charge on any atom is 0.173 e. The van der Waals surface area contributed by atoms with Gasteiger partial charge in [0.25, 0.3) is 0 Å². The Kier molecular flexibility index (Phi) is 4.55. The Hall–Kier alpha value is -1.13. The van der Waals surface area contributed by atoms with Gasteiger partial charge in [-0.2, -0.15) is 0 Å². The van der Waals surface area contributed by atoms with Gasteiger partial charge in [-0.1, -0.05) is 19.1 Å². The number of aliphatic hydroxyl groups is 1. The highest BCUT2D eigenvalue weighted by atomic mass is 32.1. The number of aliphatic hydroxyl groups excluding tert-OH is 1. The molecular weight excluding hydrogens is 244 g/mol. The Bertz CT molecular complexity index is 405. The van der Waals surface area contributed by atoms with Crippen LogP contribution < -0.4 is 5.32 Å². The van der Waals surface area contributed by atoms with E-state index in [0.717, 1.165) is 31.5 Å². The monoisotopic (exact) mass is 264 g/mol. The number of nitrogens with one attached hydrogen (secondary N) is 1. The van der Waals surface area contributed by atoms with Crippen LogP contribution in [-0.4, -0.2) is 34.3 Å². The van der Waals surface area contributed by atoms with E-state index in [0.29, 0.717) is 11.7 Å². The fraction of sp³-hybridized carbons (Fsp3) is 0.500. The van der Waals surface area contributed by atoms with E-state index in [4.69, 9.17) is 12.2 Å². The topological polar surface area (TPSA) is 35.5 Å². The molecule has 0 bridgehead atoms. The largest absolute Gasteiger partial charge is 0.391 e. The fourth-order valence-electron chi connectivity index (χ4n) is 2.17. The number of piperidine rings is 1. The van der Waals surface area contributed by atoms with Crippen LogP contribution in [0.3, 0.4) is 0 Å². The molecule has 0 spiro atoms. The first kappa shape index (κ1) is 13.3. The van der Waals surface area contributed by atoms with Gasteiger partial charge in [-0.25, -0.2) is 0 Å². The van der Waals surface area contributed by atoms with Crippen LogP contribution in [0, 0.1) is 0 Å². The normalized spacial score (nSPS) is 19.7. The van der Waals surface area contributed by atoms with Gasteiger partial charge in [0.05, 0.1) is 6.10 Å². The van der Waals surface area contributed by atoms with E-state index < -0.39 is 0 Å². The molecule has 1 aromatic rings. The predicted molar refractivity (Wildman–Crippen MR) is 78.9 cm³/mol. The minimum absolute atomic E-state index is 0.249. The summed E-state index contributed by atoms with van der Waals surface area (Å²) >= 11 is 5.37. The lowest BCUT2D eigenvalue weighted by atomic mass is 10.1. The van der Waals surface area contributed by atoms with Crippen LogP contribution in [0.1, 0.15) is 25.3 Å². The molecule has 98 valence electrons. The Morgan fingerprint density at radius 2 is 2.17 bits per heavy atom. The van der Waals surface area contributed by atoms with E-state index in [2.05, 4.69) is 24.4 Å². The number of rotatable bonds is 2. The number of likely N-dealkylation sites (tertiary alicyclic amines) is 1. The van der Waals surface area contributed by atoms with Crippen LogP contribution in [0.15, 0.2) is 24.3 Å². The maximum absolute atomic E-state index is 9.63. The molecule has 1 aromatic carbocycles. The number of β-amino-alcohol motifs (C(OH)–C–C–N with tert-alkyl or cyclic N) is 1. The van der Waals surface area contributed by atoms with Crippen molar-refractivity contribution < 1.29 is 5.11 Å². The number of thiocarbonyl (C=S) groups is 1. The van der Waals surface area contributed by atoms with E-state index in [1.54, 1.807) is 0 Å². The van der Waals surface area contributed by atoms with E-state index in [1.165, 1.54) is 5.56 Å². The number of anilines is 1. The smallest absolute Gasteiger partial charge is 0.173 e. The van der Waals surface area contributed by atoms with E-state index >= 15 is 0 Å². The van der Waals surface area contributed by atoms with Gasteiger partial charge in [-0.05, 0) is 49.2 Å². The number of aryl methyl sites for hydroxylation is 1. The summed E-state index contributed by atoms with van der Waals surface area (Å²) in [6.07, 6.45) is 2.67. The summed E-state index contributed by atoms with van der Waals surface area (Å²) in [5.41, 5.74) is 2.33. The Morgan fingerprint density at radius 3 is 2.78 bits per heavy atom. The third-order valence-electron chi connectivity index (χ3n) is 3.30. The maximum atomic E-state index is 9.63. The molecule has 0 aliphatic carbocycles. The van der Waals surface area contributed by atoms with Gasteiger partial charge in [-0.3, -0.25) is 0 Å². The van der Waals surface area contributed by atoms with Gasteiger partial charge in [0.1, 0.15) is 0 Å². The molecule has 1 atom stereocenters. The standard InChI is InChI=1S/C14H20N2OS/c1-2-11-5-7-12(8-6-11)15-14(18)16-9-3-4-13(17)10-16/h5-8,13,17H,2-4,9-10H2,1H3,(H,15,18)/t13-/m1/s1. The van der Waals surface area contributed by atoms with Crippen molar-refractivity contribution >= 4 is 23.0 Å². The summed E-state index contributed by atoms with van der Waals surface area (Å²) in [5, 5.41) is 13.6. The molecule has 2 rings (SSSR count). The molecule has 18 heavy (non-hydrogen) atoms. The van der Waals surface area contributed by atoms with Crippen LogP contribution in [-0.2, 0) is 6.42 Å². The van der Waals surface area contributed by atoms with Crippen molar-refractivity contribution in [2.24, 2.45) is 0 Å². The molecule has 1 fully saturated rings. The lowest BCUT2D eigenvalue weighted by Gasteiger charge is -2.32. The molecule has 0 unspecified atom stereocenters. The SMILES string of the molecule is CCc1ccc(NC(=S)N2CCC[C@@H](O)C2)cc1. The number of hydrogen-bond donors (Lipinski definition) is 2. The quantitative estimate of drug-likeness (QED) is 0.804. The summed E-state index contributed by atoms with van der Waals surface area (Å²) in [6.45, 7) is 3.71. The fourth-order valence-corrected chi connectivity index (χ4v) is 2.45. The second-order valence-electron chi connectivity index (χ2n) is 4.72. The van der Waals surface area contributed by atoms with Crippen molar-refractivity contribution in [2.45, 2.75) is 32.3 Å². The lowest BCUT2D eigenvalue weighted by molar-refractivity contribution is 0.104. The first-order chi connectivity index (χ1) is 8.69. The van der Waals surface area contributed by atoms with E-state index in [9.17, 15) is 5.11 Å². The van der Waals surface area contributed by atoms with Gasteiger partial charge in [0.2, 0.25) is 0 Å². The van der Waals surface area contributed by atoms with Crippen molar-refractivity contribution in [1.29, 1.82) is 0 Å². The zero-order valence-corrected chi connectivity index (χ0v) is 11.5. The van der Waals surface area contributed by atoms with Crippen LogP contribution in [0.2, 0.25) is 0 Å². The first-order valence-electron chi connectivity index (χ1n) is 6.52. The summed E-state index contributed by atoms with van der Waals surface area (Å²) in [7, 11) is 0. The Morgan fingerprint density at radius 1 is 1.44 bits per heavy atom. The lowest BCUT2D eigenvalue weighted by Crippen LogP contribution is -2.44. The second kappa shape index (κ2) is 6.16. The molecule has 0 saturated carbocycles. The first-order valence-corrected chi connectivity index (χ1v) is 6.93. The van der Waals surface area contributed by atoms with Crippen LogP contribution >= 0.6 is 12.2 Å². The molecule has 0 aromatic heterocycles. The molecule has 0 amide bonds. The van der Waals surface area contributed by atoms with Crippen molar-refractivity contribution in [3.05, 3.63) is 29.8 Å². The molecule has 1 saturated heterocycles. The summed E-state index contributed by atoms with van der Waals surface area (Å²) < 4.78 is 0. The summed E-state index contributed by atoms with van der Waals surface area (Å²) in [5.74, 6) is 0. The molecule has 3 nitrogen and oxygen atoms in total. The minimum Gasteiger partial charge on any atom is -0.391 e. The number of nitrogens with zero attached hydrogens (tertiary/aromatic N) is 1. The molecule has 2 N–H and O–H groups in total. The van der Waals surface area contributed by atoms with Crippen molar-refractivity contribution in [1.82, 2.24) is 4.90 Å². The van der Waals surface area contributed by atoms with Gasteiger partial charge in [0, 0.05) is 18.8 Å². The second-order valence-corrected chi connectivity index (χ2v) is 5.11. The highest BCUT2D eigenvalue weighted by Gasteiger charge is 2.19. The average molecular weight is 264 g/mol. The molecule has 1 heterocycles. The molecular formula is C14H20N2OS. The molecule has 0 radical (unpaired) electrons. The predicted octanol–water partition coefficient (Wildman–Crippen LogP) is 2.40. The minimum atomic E-state index is -0.249. The van der Waals surface area contributed by atoms with Gasteiger partial charge in [-0.15, -0.1) is 0 Å². The van der Waals surface area contributed by atoms with E-state index in [-0.39, 0.29) is 6.10 Å². The highest BCUT2D eigenvalue weighted by molar-refractivity contribution is 7.80. The Labute approximate surface area is 114 Å². The molecule has 1 aliphatic rings. The van der Waals surface area contributed by atoms with Crippen LogP contribution in [0.4, 0.5) is 5.69 Å². The van der Waals surface area contributed by atoms with Crippen molar-refractivity contribution in [2.75, 3.05) is 18.4 Å². The van der Waals surface area contributed by atoms with Gasteiger partial charge in [0.15, 0.2) is 5.11 Å². The summed E-state index contributed by atoms with van der Waals surface area (Å²) in [6, 6.07) is 8.31.